The van der Waals surface area contributed by atoms with E-state index in [1.165, 1.54) is 6.20 Å². The zero-order valence-electron chi connectivity index (χ0n) is 5.98. The van der Waals surface area contributed by atoms with Gasteiger partial charge in [-0.3, -0.25) is 5.32 Å². The van der Waals surface area contributed by atoms with Crippen molar-refractivity contribution in [3.63, 3.8) is 0 Å². The topological polar surface area (TPSA) is 104 Å². The average molecular weight is 166 g/mol. The van der Waals surface area contributed by atoms with Crippen molar-refractivity contribution >= 4 is 11.9 Å². The summed E-state index contributed by atoms with van der Waals surface area (Å²) >= 11 is 0. The molecule has 12 heavy (non-hydrogen) atoms. The molecule has 2 aliphatic rings. The number of amidine groups is 1. The summed E-state index contributed by atoms with van der Waals surface area (Å²) in [6, 6.07) is -0.373. The Balaban J connectivity index is 2.34. The molecule has 0 spiro atoms. The molecule has 1 unspecified atom stereocenters. The fourth-order valence-corrected chi connectivity index (χ4v) is 1.04. The largest absolute Gasteiger partial charge is 0.322 e. The summed E-state index contributed by atoms with van der Waals surface area (Å²) in [7, 11) is 0. The highest BCUT2D eigenvalue weighted by Gasteiger charge is 2.30. The number of nitrogens with two attached hydrogens (primary N) is 1. The van der Waals surface area contributed by atoms with E-state index in [2.05, 4.69) is 26.0 Å². The Morgan fingerprint density at radius 3 is 3.25 bits per heavy atom. The number of hydrazone groups is 1. The minimum atomic E-state index is -0.430. The zero-order chi connectivity index (χ0) is 8.55. The molecule has 0 aromatic rings. The molecule has 2 rings (SSSR count). The van der Waals surface area contributed by atoms with E-state index >= 15 is 0 Å². The summed E-state index contributed by atoms with van der Waals surface area (Å²) in [5.41, 5.74) is 0.678. The Bertz CT molecular complexity index is 316. The molecule has 4 N–H and O–H groups in total. The number of azo groups is 1. The fourth-order valence-electron chi connectivity index (χ4n) is 1.04. The number of carbonyl (C=O) groups excluding carboxylic acids is 1. The zero-order valence-corrected chi connectivity index (χ0v) is 5.98. The SMILES string of the molecule is N/N=C1/NC(=O)NC2N=NC=C12. The van der Waals surface area contributed by atoms with Crippen molar-refractivity contribution in [1.29, 1.82) is 0 Å². The third-order valence-electron chi connectivity index (χ3n) is 1.58. The molecule has 7 heteroatoms. The van der Waals surface area contributed by atoms with Gasteiger partial charge in [0.05, 0.1) is 11.8 Å². The Kier molecular flexibility index (Phi) is 1.29. The maximum Gasteiger partial charge on any atom is 0.322 e. The molecular formula is C5H6N6O. The van der Waals surface area contributed by atoms with Gasteiger partial charge in [-0.2, -0.15) is 15.3 Å². The number of rotatable bonds is 0. The van der Waals surface area contributed by atoms with E-state index in [4.69, 9.17) is 5.84 Å². The molecule has 1 atom stereocenters. The number of hydrogen-bond donors (Lipinski definition) is 3. The minimum absolute atomic E-state index is 0.314. The second kappa shape index (κ2) is 2.29. The molecule has 62 valence electrons. The quantitative estimate of drug-likeness (QED) is 0.325. The number of nitrogens with zero attached hydrogens (tertiary/aromatic N) is 3. The van der Waals surface area contributed by atoms with Crippen LogP contribution in [-0.4, -0.2) is 18.0 Å². The summed E-state index contributed by atoms with van der Waals surface area (Å²) in [6.45, 7) is 0. The first-order valence-electron chi connectivity index (χ1n) is 3.27. The van der Waals surface area contributed by atoms with Crippen molar-refractivity contribution in [2.45, 2.75) is 6.17 Å². The van der Waals surface area contributed by atoms with Crippen LogP contribution in [0, 0.1) is 0 Å². The minimum Gasteiger partial charge on any atom is -0.321 e. The van der Waals surface area contributed by atoms with Gasteiger partial charge in [-0.15, -0.1) is 0 Å². The molecule has 1 fully saturated rings. The third-order valence-corrected chi connectivity index (χ3v) is 1.58. The number of amides is 2. The van der Waals surface area contributed by atoms with Gasteiger partial charge in [-0.1, -0.05) is 0 Å². The highest BCUT2D eigenvalue weighted by Crippen LogP contribution is 2.15. The standard InChI is InChI=1S/C5H6N6O/c6-10-3-2-1-7-11-4(2)9-5(12)8-3/h1,4H,6H2,(H2,8,9,10,12). The fraction of sp³-hybridized carbons (Fsp3) is 0.200. The summed E-state index contributed by atoms with van der Waals surface area (Å²) in [5, 5.41) is 15.7. The Hall–Kier alpha value is -1.92. The van der Waals surface area contributed by atoms with Crippen molar-refractivity contribution in [1.82, 2.24) is 10.6 Å². The molecule has 7 nitrogen and oxygen atoms in total. The van der Waals surface area contributed by atoms with Gasteiger partial charge in [0.1, 0.15) is 0 Å². The van der Waals surface area contributed by atoms with Gasteiger partial charge in [0.2, 0.25) is 0 Å². The van der Waals surface area contributed by atoms with E-state index in [0.717, 1.165) is 0 Å². The van der Waals surface area contributed by atoms with Crippen LogP contribution in [0.1, 0.15) is 0 Å². The lowest BCUT2D eigenvalue weighted by Gasteiger charge is -2.20. The van der Waals surface area contributed by atoms with Crippen LogP contribution in [0.5, 0.6) is 0 Å². The Morgan fingerprint density at radius 2 is 2.50 bits per heavy atom. The van der Waals surface area contributed by atoms with Crippen LogP contribution in [-0.2, 0) is 0 Å². The Labute approximate surface area is 67.4 Å². The first kappa shape index (κ1) is 6.77. The normalized spacial score (nSPS) is 29.3. The molecular weight excluding hydrogens is 160 g/mol. The lowest BCUT2D eigenvalue weighted by atomic mass is 10.2. The van der Waals surface area contributed by atoms with Gasteiger partial charge in [-0.05, 0) is 0 Å². The van der Waals surface area contributed by atoms with Crippen LogP contribution in [0.25, 0.3) is 0 Å². The van der Waals surface area contributed by atoms with E-state index < -0.39 is 6.17 Å². The molecule has 0 aromatic carbocycles. The van der Waals surface area contributed by atoms with Gasteiger partial charge >= 0.3 is 6.03 Å². The van der Waals surface area contributed by atoms with Crippen molar-refractivity contribution < 1.29 is 4.79 Å². The van der Waals surface area contributed by atoms with Gasteiger partial charge in [0, 0.05) is 0 Å². The Morgan fingerprint density at radius 1 is 1.67 bits per heavy atom. The van der Waals surface area contributed by atoms with E-state index in [-0.39, 0.29) is 6.03 Å². The highest BCUT2D eigenvalue weighted by atomic mass is 16.2. The van der Waals surface area contributed by atoms with E-state index in [1.807, 2.05) is 0 Å². The number of nitrogens with one attached hydrogen (secondary N) is 2. The highest BCUT2D eigenvalue weighted by molar-refractivity contribution is 6.10. The second-order valence-electron chi connectivity index (χ2n) is 2.29. The summed E-state index contributed by atoms with van der Waals surface area (Å²) in [5.74, 6) is 5.36. The van der Waals surface area contributed by atoms with E-state index in [0.29, 0.717) is 11.4 Å². The number of hydrogen-bond acceptors (Lipinski definition) is 5. The van der Waals surface area contributed by atoms with E-state index in [1.54, 1.807) is 0 Å². The van der Waals surface area contributed by atoms with Crippen molar-refractivity contribution in [2.24, 2.45) is 21.2 Å². The van der Waals surface area contributed by atoms with Crippen molar-refractivity contribution in [3.8, 4) is 0 Å². The van der Waals surface area contributed by atoms with Crippen LogP contribution in [0.3, 0.4) is 0 Å². The van der Waals surface area contributed by atoms with Crippen LogP contribution < -0.4 is 16.5 Å². The molecule has 0 saturated carbocycles. The summed E-state index contributed by atoms with van der Waals surface area (Å²) in [4.78, 5) is 10.9. The number of fused-ring (bicyclic) bond motifs is 1. The van der Waals surface area contributed by atoms with Crippen molar-refractivity contribution in [2.75, 3.05) is 0 Å². The second-order valence-corrected chi connectivity index (χ2v) is 2.29. The molecule has 2 heterocycles. The van der Waals surface area contributed by atoms with Crippen molar-refractivity contribution in [3.05, 3.63) is 11.8 Å². The predicted molar refractivity (Wildman–Crippen MR) is 40.0 cm³/mol. The molecule has 2 aliphatic heterocycles. The van der Waals surface area contributed by atoms with Gasteiger partial charge < -0.3 is 11.2 Å². The third kappa shape index (κ3) is 0.831. The lowest BCUT2D eigenvalue weighted by Crippen LogP contribution is -2.52. The molecule has 0 bridgehead atoms. The molecule has 0 radical (unpaired) electrons. The van der Waals surface area contributed by atoms with Crippen LogP contribution >= 0.6 is 0 Å². The molecule has 2 amide bonds. The maximum atomic E-state index is 10.9. The van der Waals surface area contributed by atoms with Gasteiger partial charge in [-0.25, -0.2) is 4.79 Å². The molecule has 1 saturated heterocycles. The maximum absolute atomic E-state index is 10.9. The molecule has 0 aliphatic carbocycles. The predicted octanol–water partition coefficient (Wildman–Crippen LogP) is -0.753. The summed E-state index contributed by atoms with van der Waals surface area (Å²) < 4.78 is 0. The number of urea groups is 1. The average Bonchev–Trinajstić information content (AvgIpc) is 2.50. The molecule has 0 aromatic heterocycles. The van der Waals surface area contributed by atoms with Crippen LogP contribution in [0.15, 0.2) is 27.1 Å². The first-order chi connectivity index (χ1) is 5.81. The summed E-state index contributed by atoms with van der Waals surface area (Å²) in [6.07, 6.45) is 1.07. The smallest absolute Gasteiger partial charge is 0.321 e. The lowest BCUT2D eigenvalue weighted by molar-refractivity contribution is 0.241. The van der Waals surface area contributed by atoms with Crippen LogP contribution in [0.4, 0.5) is 4.79 Å². The number of carbonyl (C=O) groups is 1. The first-order valence-corrected chi connectivity index (χ1v) is 3.27. The van der Waals surface area contributed by atoms with Gasteiger partial charge in [0.15, 0.2) is 12.0 Å². The monoisotopic (exact) mass is 166 g/mol. The van der Waals surface area contributed by atoms with Crippen LogP contribution in [0.2, 0.25) is 0 Å². The van der Waals surface area contributed by atoms with E-state index in [9.17, 15) is 4.79 Å². The van der Waals surface area contributed by atoms with Gasteiger partial charge in [0.25, 0.3) is 0 Å².